The minimum atomic E-state index is 0.474. The van der Waals surface area contributed by atoms with Gasteiger partial charge in [-0.2, -0.15) is 5.10 Å². The fourth-order valence-corrected chi connectivity index (χ4v) is 2.70. The second-order valence-corrected chi connectivity index (χ2v) is 4.69. The van der Waals surface area contributed by atoms with Gasteiger partial charge in [-0.1, -0.05) is 0 Å². The summed E-state index contributed by atoms with van der Waals surface area (Å²) in [6.07, 6.45) is 1.92. The molecule has 2 aliphatic rings. The Morgan fingerprint density at radius 1 is 1.43 bits per heavy atom. The van der Waals surface area contributed by atoms with Crippen LogP contribution in [0.2, 0.25) is 0 Å². The number of aromatic nitrogens is 2. The van der Waals surface area contributed by atoms with Gasteiger partial charge in [0.05, 0.1) is 13.2 Å². The molecule has 3 atom stereocenters. The summed E-state index contributed by atoms with van der Waals surface area (Å²) in [7, 11) is 0. The maximum Gasteiger partial charge on any atom is 0.0504 e. The smallest absolute Gasteiger partial charge is 0.0504 e. The molecule has 3 heteroatoms. The molecule has 0 N–H and O–H groups in total. The SMILES string of the molecule is CC(C)n1nccc1[C@H]1[C@@H]2COC[C@@H]21. The molecule has 76 valence electrons. The highest BCUT2D eigenvalue weighted by molar-refractivity contribution is 5.23. The van der Waals surface area contributed by atoms with Crippen molar-refractivity contribution in [2.24, 2.45) is 11.8 Å². The van der Waals surface area contributed by atoms with Crippen LogP contribution in [-0.4, -0.2) is 23.0 Å². The van der Waals surface area contributed by atoms with Crippen molar-refractivity contribution >= 4 is 0 Å². The van der Waals surface area contributed by atoms with Gasteiger partial charge < -0.3 is 4.74 Å². The quantitative estimate of drug-likeness (QED) is 0.714. The summed E-state index contributed by atoms with van der Waals surface area (Å²) in [5.74, 6) is 2.29. The first-order chi connectivity index (χ1) is 6.79. The lowest BCUT2D eigenvalue weighted by Crippen LogP contribution is -2.09. The maximum atomic E-state index is 5.41. The number of hydrogen-bond donors (Lipinski definition) is 0. The van der Waals surface area contributed by atoms with Crippen molar-refractivity contribution in [1.82, 2.24) is 9.78 Å². The van der Waals surface area contributed by atoms with E-state index >= 15 is 0 Å². The molecular formula is C11H16N2O. The predicted octanol–water partition coefficient (Wildman–Crippen LogP) is 1.82. The lowest BCUT2D eigenvalue weighted by molar-refractivity contribution is 0.159. The fraction of sp³-hybridized carbons (Fsp3) is 0.727. The summed E-state index contributed by atoms with van der Waals surface area (Å²) >= 11 is 0. The van der Waals surface area contributed by atoms with E-state index in [2.05, 4.69) is 29.7 Å². The van der Waals surface area contributed by atoms with E-state index in [-0.39, 0.29) is 0 Å². The zero-order valence-electron chi connectivity index (χ0n) is 8.68. The lowest BCUT2D eigenvalue weighted by atomic mass is 10.2. The second-order valence-electron chi connectivity index (χ2n) is 4.69. The summed E-state index contributed by atoms with van der Waals surface area (Å²) in [6, 6.07) is 2.64. The molecule has 0 unspecified atom stereocenters. The molecule has 0 spiro atoms. The van der Waals surface area contributed by atoms with Gasteiger partial charge in [0, 0.05) is 23.9 Å². The van der Waals surface area contributed by atoms with E-state index in [1.807, 2.05) is 6.20 Å². The highest BCUT2D eigenvalue weighted by Crippen LogP contribution is 2.57. The van der Waals surface area contributed by atoms with Crippen LogP contribution in [0.3, 0.4) is 0 Å². The van der Waals surface area contributed by atoms with E-state index in [0.29, 0.717) is 6.04 Å². The monoisotopic (exact) mass is 192 g/mol. The Labute approximate surface area is 84.1 Å². The average molecular weight is 192 g/mol. The van der Waals surface area contributed by atoms with Crippen LogP contribution in [0.4, 0.5) is 0 Å². The van der Waals surface area contributed by atoms with Crippen molar-refractivity contribution in [2.45, 2.75) is 25.8 Å². The first-order valence-corrected chi connectivity index (χ1v) is 5.40. The van der Waals surface area contributed by atoms with E-state index in [1.54, 1.807) is 0 Å². The molecule has 0 amide bonds. The number of ether oxygens (including phenoxy) is 1. The van der Waals surface area contributed by atoms with Crippen molar-refractivity contribution in [2.75, 3.05) is 13.2 Å². The Kier molecular flexibility index (Phi) is 1.71. The standard InChI is InChI=1S/C11H16N2O/c1-7(2)13-10(3-4-12-13)11-8-5-14-6-9(8)11/h3-4,7-9,11H,5-6H2,1-2H3/t8-,9+,11+. The molecule has 1 aliphatic carbocycles. The third-order valence-corrected chi connectivity index (χ3v) is 3.48. The Balaban J connectivity index is 1.87. The molecule has 2 fully saturated rings. The van der Waals surface area contributed by atoms with Crippen molar-refractivity contribution in [3.8, 4) is 0 Å². The third-order valence-electron chi connectivity index (χ3n) is 3.48. The number of hydrogen-bond acceptors (Lipinski definition) is 2. The number of rotatable bonds is 2. The molecule has 1 aromatic heterocycles. The summed E-state index contributed by atoms with van der Waals surface area (Å²) in [5.41, 5.74) is 1.42. The van der Waals surface area contributed by atoms with E-state index in [0.717, 1.165) is 31.0 Å². The molecule has 14 heavy (non-hydrogen) atoms. The molecule has 0 bridgehead atoms. The summed E-state index contributed by atoms with van der Waals surface area (Å²) in [5, 5.41) is 4.38. The summed E-state index contributed by atoms with van der Waals surface area (Å²) in [4.78, 5) is 0. The van der Waals surface area contributed by atoms with Crippen LogP contribution in [-0.2, 0) is 4.74 Å². The van der Waals surface area contributed by atoms with E-state index in [1.165, 1.54) is 5.69 Å². The molecule has 2 heterocycles. The minimum Gasteiger partial charge on any atom is -0.381 e. The zero-order valence-corrected chi connectivity index (χ0v) is 8.68. The Hall–Kier alpha value is -0.830. The van der Waals surface area contributed by atoms with Crippen LogP contribution in [0.25, 0.3) is 0 Å². The van der Waals surface area contributed by atoms with Gasteiger partial charge in [0.1, 0.15) is 0 Å². The van der Waals surface area contributed by atoms with Crippen molar-refractivity contribution in [3.63, 3.8) is 0 Å². The van der Waals surface area contributed by atoms with Gasteiger partial charge in [0.15, 0.2) is 0 Å². The maximum absolute atomic E-state index is 5.41. The summed E-state index contributed by atoms with van der Waals surface area (Å²) in [6.45, 7) is 6.29. The topological polar surface area (TPSA) is 27.1 Å². The van der Waals surface area contributed by atoms with Gasteiger partial charge >= 0.3 is 0 Å². The normalized spacial score (nSPS) is 34.9. The summed E-state index contributed by atoms with van der Waals surface area (Å²) < 4.78 is 7.56. The molecule has 1 saturated carbocycles. The van der Waals surface area contributed by atoms with E-state index < -0.39 is 0 Å². The van der Waals surface area contributed by atoms with Crippen molar-refractivity contribution < 1.29 is 4.74 Å². The second kappa shape index (κ2) is 2.83. The molecule has 3 rings (SSSR count). The first-order valence-electron chi connectivity index (χ1n) is 5.40. The highest BCUT2D eigenvalue weighted by atomic mass is 16.5. The van der Waals surface area contributed by atoms with Crippen molar-refractivity contribution in [1.29, 1.82) is 0 Å². The van der Waals surface area contributed by atoms with Crippen LogP contribution < -0.4 is 0 Å². The Bertz CT molecular complexity index is 335. The number of nitrogens with zero attached hydrogens (tertiary/aromatic N) is 2. The average Bonchev–Trinajstić information content (AvgIpc) is 2.63. The van der Waals surface area contributed by atoms with Gasteiger partial charge in [-0.05, 0) is 31.7 Å². The third kappa shape index (κ3) is 1.05. The zero-order chi connectivity index (χ0) is 9.71. The van der Waals surface area contributed by atoms with Crippen LogP contribution in [0.15, 0.2) is 12.3 Å². The molecule has 1 aromatic rings. The minimum absolute atomic E-state index is 0.474. The fourth-order valence-electron chi connectivity index (χ4n) is 2.70. The van der Waals surface area contributed by atoms with Crippen LogP contribution in [0.1, 0.15) is 31.5 Å². The van der Waals surface area contributed by atoms with Crippen molar-refractivity contribution in [3.05, 3.63) is 18.0 Å². The lowest BCUT2D eigenvalue weighted by Gasteiger charge is -2.12. The predicted molar refractivity (Wildman–Crippen MR) is 53.2 cm³/mol. The highest BCUT2D eigenvalue weighted by Gasteiger charge is 2.55. The molecule has 0 radical (unpaired) electrons. The van der Waals surface area contributed by atoms with Crippen LogP contribution in [0.5, 0.6) is 0 Å². The molecule has 1 aliphatic heterocycles. The molecule has 0 aromatic carbocycles. The molecule has 3 nitrogen and oxygen atoms in total. The van der Waals surface area contributed by atoms with E-state index in [9.17, 15) is 0 Å². The first kappa shape index (κ1) is 8.48. The van der Waals surface area contributed by atoms with Gasteiger partial charge in [-0.25, -0.2) is 0 Å². The molecule has 1 saturated heterocycles. The van der Waals surface area contributed by atoms with Crippen LogP contribution >= 0.6 is 0 Å². The van der Waals surface area contributed by atoms with Gasteiger partial charge in [-0.15, -0.1) is 0 Å². The van der Waals surface area contributed by atoms with E-state index in [4.69, 9.17) is 4.74 Å². The van der Waals surface area contributed by atoms with Gasteiger partial charge in [-0.3, -0.25) is 4.68 Å². The Morgan fingerprint density at radius 3 is 2.79 bits per heavy atom. The number of fused-ring (bicyclic) bond motifs is 1. The molecular weight excluding hydrogens is 176 g/mol. The van der Waals surface area contributed by atoms with Gasteiger partial charge in [0.25, 0.3) is 0 Å². The Morgan fingerprint density at radius 2 is 2.14 bits per heavy atom. The largest absolute Gasteiger partial charge is 0.381 e. The van der Waals surface area contributed by atoms with Crippen LogP contribution in [0, 0.1) is 11.8 Å². The van der Waals surface area contributed by atoms with Gasteiger partial charge in [0.2, 0.25) is 0 Å².